The molecule has 2 amide bonds. The molecule has 126 valence electrons. The first-order valence-electron chi connectivity index (χ1n) is 8.30. The van der Waals surface area contributed by atoms with Crippen molar-refractivity contribution in [3.63, 3.8) is 0 Å². The molecule has 1 atom stereocenters. The Balaban J connectivity index is 1.39. The fraction of sp³-hybridized carbons (Fsp3) is 0.471. The Morgan fingerprint density at radius 2 is 2.21 bits per heavy atom. The second-order valence-electron chi connectivity index (χ2n) is 6.39. The Kier molecular flexibility index (Phi) is 4.10. The largest absolute Gasteiger partial charge is 0.463 e. The molecule has 0 spiro atoms. The average molecular weight is 345 g/mol. The van der Waals surface area contributed by atoms with Crippen LogP contribution < -0.4 is 5.32 Å². The summed E-state index contributed by atoms with van der Waals surface area (Å²) in [4.78, 5) is 31.0. The smallest absolute Gasteiger partial charge is 0.231 e. The summed E-state index contributed by atoms with van der Waals surface area (Å²) in [6, 6.07) is 3.96. The van der Waals surface area contributed by atoms with E-state index >= 15 is 0 Å². The third-order valence-corrected chi connectivity index (χ3v) is 5.56. The number of nitrogens with one attached hydrogen (secondary N) is 1. The Bertz CT molecular complexity index is 734. The van der Waals surface area contributed by atoms with E-state index in [1.54, 1.807) is 12.3 Å². The summed E-state index contributed by atoms with van der Waals surface area (Å²) in [6.45, 7) is 0.533. The van der Waals surface area contributed by atoms with Crippen molar-refractivity contribution in [2.75, 3.05) is 11.9 Å². The summed E-state index contributed by atoms with van der Waals surface area (Å²) in [5.41, 5.74) is 0.704. The maximum atomic E-state index is 12.5. The van der Waals surface area contributed by atoms with Crippen LogP contribution in [0.4, 0.5) is 5.13 Å². The molecule has 4 rings (SSSR count). The first kappa shape index (κ1) is 15.4. The van der Waals surface area contributed by atoms with Gasteiger partial charge in [0, 0.05) is 24.4 Å². The van der Waals surface area contributed by atoms with E-state index in [9.17, 15) is 9.59 Å². The van der Waals surface area contributed by atoms with Crippen molar-refractivity contribution in [2.24, 2.45) is 5.92 Å². The van der Waals surface area contributed by atoms with Crippen molar-refractivity contribution in [3.8, 4) is 11.5 Å². The average Bonchev–Trinajstić information content (AvgIpc) is 3.34. The van der Waals surface area contributed by atoms with Crippen LogP contribution >= 0.6 is 11.3 Å². The van der Waals surface area contributed by atoms with Gasteiger partial charge >= 0.3 is 0 Å². The number of hydrogen-bond donors (Lipinski definition) is 1. The van der Waals surface area contributed by atoms with Gasteiger partial charge in [0.05, 0.1) is 12.2 Å². The van der Waals surface area contributed by atoms with Gasteiger partial charge < -0.3 is 14.6 Å². The van der Waals surface area contributed by atoms with Crippen LogP contribution in [0.3, 0.4) is 0 Å². The summed E-state index contributed by atoms with van der Waals surface area (Å²) >= 11 is 1.36. The number of aromatic nitrogens is 1. The number of anilines is 1. The highest BCUT2D eigenvalue weighted by atomic mass is 32.1. The van der Waals surface area contributed by atoms with E-state index in [2.05, 4.69) is 10.3 Å². The Hall–Kier alpha value is -2.15. The van der Waals surface area contributed by atoms with Gasteiger partial charge in [-0.2, -0.15) is 0 Å². The van der Waals surface area contributed by atoms with Gasteiger partial charge in [-0.3, -0.25) is 9.59 Å². The van der Waals surface area contributed by atoms with E-state index in [0.717, 1.165) is 12.8 Å². The SMILES string of the molecule is O=C(Nc1nc(-c2ccco2)cs1)C1CC(=O)N(C2CCCC2)C1. The molecule has 24 heavy (non-hydrogen) atoms. The van der Waals surface area contributed by atoms with Crippen molar-refractivity contribution >= 4 is 28.3 Å². The molecule has 3 heterocycles. The van der Waals surface area contributed by atoms with Crippen LogP contribution in [0.1, 0.15) is 32.1 Å². The fourth-order valence-electron chi connectivity index (χ4n) is 3.55. The predicted octanol–water partition coefficient (Wildman–Crippen LogP) is 3.13. The number of hydrogen-bond acceptors (Lipinski definition) is 5. The summed E-state index contributed by atoms with van der Waals surface area (Å²) in [5.74, 6) is 0.380. The molecule has 1 unspecified atom stereocenters. The van der Waals surface area contributed by atoms with E-state index in [4.69, 9.17) is 4.42 Å². The molecule has 2 fully saturated rings. The number of carbonyl (C=O) groups is 2. The van der Waals surface area contributed by atoms with Crippen molar-refractivity contribution in [1.29, 1.82) is 0 Å². The number of likely N-dealkylation sites (tertiary alicyclic amines) is 1. The number of furan rings is 1. The van der Waals surface area contributed by atoms with Gasteiger partial charge in [-0.25, -0.2) is 4.98 Å². The molecule has 1 aliphatic heterocycles. The second kappa shape index (κ2) is 6.39. The normalized spacial score (nSPS) is 21.6. The molecule has 0 aromatic carbocycles. The van der Waals surface area contributed by atoms with Crippen LogP contribution in [0.2, 0.25) is 0 Å². The third kappa shape index (κ3) is 2.96. The maximum absolute atomic E-state index is 12.5. The zero-order valence-electron chi connectivity index (χ0n) is 13.2. The Labute approximate surface area is 143 Å². The Morgan fingerprint density at radius 3 is 2.96 bits per heavy atom. The number of amides is 2. The first-order valence-corrected chi connectivity index (χ1v) is 9.18. The number of rotatable bonds is 4. The highest BCUT2D eigenvalue weighted by Gasteiger charge is 2.38. The van der Waals surface area contributed by atoms with Gasteiger partial charge in [-0.1, -0.05) is 12.8 Å². The lowest BCUT2D eigenvalue weighted by Crippen LogP contribution is -2.35. The van der Waals surface area contributed by atoms with Gasteiger partial charge in [-0.15, -0.1) is 11.3 Å². The van der Waals surface area contributed by atoms with E-state index < -0.39 is 0 Å². The van der Waals surface area contributed by atoms with E-state index in [0.29, 0.717) is 35.6 Å². The topological polar surface area (TPSA) is 75.4 Å². The standard InChI is InChI=1S/C17H19N3O3S/c21-15-8-11(9-20(15)12-4-1-2-5-12)16(22)19-17-18-13(10-24-17)14-6-3-7-23-14/h3,6-7,10-12H,1-2,4-5,8-9H2,(H,18,19,22). The van der Waals surface area contributed by atoms with Crippen molar-refractivity contribution in [1.82, 2.24) is 9.88 Å². The van der Waals surface area contributed by atoms with Gasteiger partial charge in [0.1, 0.15) is 5.69 Å². The molecule has 0 radical (unpaired) electrons. The monoisotopic (exact) mass is 345 g/mol. The lowest BCUT2D eigenvalue weighted by molar-refractivity contribution is -0.129. The summed E-state index contributed by atoms with van der Waals surface area (Å²) < 4.78 is 5.30. The molecule has 1 aliphatic carbocycles. The van der Waals surface area contributed by atoms with Crippen molar-refractivity contribution < 1.29 is 14.0 Å². The number of nitrogens with zero attached hydrogens (tertiary/aromatic N) is 2. The molecule has 1 saturated heterocycles. The van der Waals surface area contributed by atoms with E-state index in [-0.39, 0.29) is 17.7 Å². The zero-order valence-corrected chi connectivity index (χ0v) is 14.1. The van der Waals surface area contributed by atoms with Crippen LogP contribution in [0.25, 0.3) is 11.5 Å². The summed E-state index contributed by atoms with van der Waals surface area (Å²) in [7, 11) is 0. The predicted molar refractivity (Wildman–Crippen MR) is 90.5 cm³/mol. The number of carbonyl (C=O) groups excluding carboxylic acids is 2. The molecule has 1 saturated carbocycles. The van der Waals surface area contributed by atoms with E-state index in [1.807, 2.05) is 16.3 Å². The molecule has 2 aromatic rings. The van der Waals surface area contributed by atoms with Gasteiger partial charge in [-0.05, 0) is 25.0 Å². The first-order chi connectivity index (χ1) is 11.7. The van der Waals surface area contributed by atoms with Crippen LogP contribution in [-0.2, 0) is 9.59 Å². The third-order valence-electron chi connectivity index (χ3n) is 4.80. The summed E-state index contributed by atoms with van der Waals surface area (Å²) in [6.07, 6.45) is 6.39. The van der Waals surface area contributed by atoms with Crippen LogP contribution in [0, 0.1) is 5.92 Å². The lowest BCUT2D eigenvalue weighted by Gasteiger charge is -2.23. The minimum absolute atomic E-state index is 0.109. The van der Waals surface area contributed by atoms with Crippen molar-refractivity contribution in [3.05, 3.63) is 23.8 Å². The molecule has 7 heteroatoms. The molecule has 1 N–H and O–H groups in total. The van der Waals surface area contributed by atoms with Gasteiger partial charge in [0.15, 0.2) is 10.9 Å². The minimum atomic E-state index is -0.283. The van der Waals surface area contributed by atoms with Crippen LogP contribution in [-0.4, -0.2) is 34.3 Å². The Morgan fingerprint density at radius 1 is 1.38 bits per heavy atom. The van der Waals surface area contributed by atoms with Gasteiger partial charge in [0.2, 0.25) is 11.8 Å². The molecule has 2 aliphatic rings. The lowest BCUT2D eigenvalue weighted by atomic mass is 10.1. The van der Waals surface area contributed by atoms with Crippen LogP contribution in [0.5, 0.6) is 0 Å². The van der Waals surface area contributed by atoms with Gasteiger partial charge in [0.25, 0.3) is 0 Å². The highest BCUT2D eigenvalue weighted by Crippen LogP contribution is 2.31. The summed E-state index contributed by atoms with van der Waals surface area (Å²) in [5, 5.41) is 5.23. The second-order valence-corrected chi connectivity index (χ2v) is 7.25. The minimum Gasteiger partial charge on any atom is -0.463 e. The van der Waals surface area contributed by atoms with Crippen LogP contribution in [0.15, 0.2) is 28.2 Å². The highest BCUT2D eigenvalue weighted by molar-refractivity contribution is 7.14. The van der Waals surface area contributed by atoms with E-state index in [1.165, 1.54) is 24.2 Å². The molecule has 2 aromatic heterocycles. The molecular formula is C17H19N3O3S. The molecular weight excluding hydrogens is 326 g/mol. The maximum Gasteiger partial charge on any atom is 0.231 e. The fourth-order valence-corrected chi connectivity index (χ4v) is 4.25. The number of thiazole rings is 1. The zero-order chi connectivity index (χ0) is 16.5. The quantitative estimate of drug-likeness (QED) is 0.924. The molecule has 0 bridgehead atoms. The molecule has 6 nitrogen and oxygen atoms in total. The van der Waals surface area contributed by atoms with Crippen molar-refractivity contribution in [2.45, 2.75) is 38.1 Å².